The summed E-state index contributed by atoms with van der Waals surface area (Å²) in [6.45, 7) is 1.41. The Bertz CT molecular complexity index is 600. The second-order valence-corrected chi connectivity index (χ2v) is 5.25. The van der Waals surface area contributed by atoms with Gasteiger partial charge in [0.05, 0.1) is 13.2 Å². The van der Waals surface area contributed by atoms with Gasteiger partial charge in [0.15, 0.2) is 0 Å². The van der Waals surface area contributed by atoms with Crippen LogP contribution in [-0.2, 0) is 22.5 Å². The Kier molecular flexibility index (Phi) is 4.71. The van der Waals surface area contributed by atoms with Gasteiger partial charge in [0.2, 0.25) is 0 Å². The fourth-order valence-electron chi connectivity index (χ4n) is 2.52. The molecule has 3 rings (SSSR count). The molecule has 1 unspecified atom stereocenters. The van der Waals surface area contributed by atoms with Crippen molar-refractivity contribution < 1.29 is 14.3 Å². The number of hydrogen-bond donors (Lipinski definition) is 0. The van der Waals surface area contributed by atoms with Crippen molar-refractivity contribution in [2.24, 2.45) is 0 Å². The number of hydrogen-bond acceptors (Lipinski definition) is 3. The highest BCUT2D eigenvalue weighted by atomic mass is 16.6. The predicted octanol–water partition coefficient (Wildman–Crippen LogP) is 3.22. The molecule has 0 spiro atoms. The molecule has 1 heterocycles. The number of amides is 1. The first-order valence-electron chi connectivity index (χ1n) is 7.46. The molecule has 1 aliphatic rings. The van der Waals surface area contributed by atoms with Crippen LogP contribution >= 0.6 is 0 Å². The maximum Gasteiger partial charge on any atom is 0.412 e. The average molecular weight is 297 g/mol. The topological polar surface area (TPSA) is 38.8 Å². The molecular formula is C18H19NO3. The fourth-order valence-corrected chi connectivity index (χ4v) is 2.52. The summed E-state index contributed by atoms with van der Waals surface area (Å²) in [7, 11) is 0. The molecule has 1 saturated heterocycles. The van der Waals surface area contributed by atoms with E-state index in [1.807, 2.05) is 60.7 Å². The van der Waals surface area contributed by atoms with Gasteiger partial charge < -0.3 is 9.47 Å². The molecule has 0 N–H and O–H groups in total. The number of nitrogens with zero attached hydrogens (tertiary/aromatic N) is 1. The molecule has 0 radical (unpaired) electrons. The Morgan fingerprint density at radius 3 is 2.36 bits per heavy atom. The number of carbonyl (C=O) groups excluding carboxylic acids is 1. The lowest BCUT2D eigenvalue weighted by Crippen LogP contribution is -2.37. The van der Waals surface area contributed by atoms with Crippen molar-refractivity contribution in [2.45, 2.75) is 19.3 Å². The number of rotatable bonds is 4. The Hall–Kier alpha value is -2.33. The maximum absolute atomic E-state index is 12.2. The highest BCUT2D eigenvalue weighted by Crippen LogP contribution is 2.17. The highest BCUT2D eigenvalue weighted by molar-refractivity contribution is 5.68. The zero-order valence-electron chi connectivity index (χ0n) is 12.4. The van der Waals surface area contributed by atoms with Crippen molar-refractivity contribution in [1.29, 1.82) is 0 Å². The van der Waals surface area contributed by atoms with Crippen LogP contribution < -0.4 is 0 Å². The van der Waals surface area contributed by atoms with Gasteiger partial charge in [-0.15, -0.1) is 0 Å². The first kappa shape index (κ1) is 14.6. The van der Waals surface area contributed by atoms with Gasteiger partial charge in [-0.25, -0.2) is 4.79 Å². The second kappa shape index (κ2) is 7.09. The first-order valence-corrected chi connectivity index (χ1v) is 7.46. The summed E-state index contributed by atoms with van der Waals surface area (Å²) in [4.78, 5) is 13.9. The van der Waals surface area contributed by atoms with Gasteiger partial charge in [-0.3, -0.25) is 4.90 Å². The number of carbonyl (C=O) groups is 1. The van der Waals surface area contributed by atoms with Crippen LogP contribution in [0.15, 0.2) is 60.7 Å². The van der Waals surface area contributed by atoms with E-state index in [1.165, 1.54) is 0 Å². The van der Waals surface area contributed by atoms with Gasteiger partial charge in [-0.2, -0.15) is 0 Å². The molecule has 1 amide bonds. The van der Waals surface area contributed by atoms with Crippen molar-refractivity contribution >= 4 is 6.09 Å². The van der Waals surface area contributed by atoms with Crippen LogP contribution in [0.4, 0.5) is 4.79 Å². The first-order chi connectivity index (χ1) is 10.8. The minimum Gasteiger partial charge on any atom is -0.444 e. The van der Waals surface area contributed by atoms with E-state index >= 15 is 0 Å². The van der Waals surface area contributed by atoms with Crippen molar-refractivity contribution in [2.75, 3.05) is 13.2 Å². The molecule has 2 aromatic rings. The fraction of sp³-hybridized carbons (Fsp3) is 0.278. The molecule has 22 heavy (non-hydrogen) atoms. The van der Waals surface area contributed by atoms with Gasteiger partial charge in [-0.1, -0.05) is 60.7 Å². The zero-order chi connectivity index (χ0) is 15.2. The van der Waals surface area contributed by atoms with Crippen molar-refractivity contribution in [1.82, 2.24) is 4.90 Å². The van der Waals surface area contributed by atoms with Gasteiger partial charge in [-0.05, 0) is 11.1 Å². The summed E-state index contributed by atoms with van der Waals surface area (Å²) in [6, 6.07) is 19.7. The minimum absolute atomic E-state index is 0.245. The highest BCUT2D eigenvalue weighted by Gasteiger charge is 2.30. The summed E-state index contributed by atoms with van der Waals surface area (Å²) in [5, 5.41) is 0. The maximum atomic E-state index is 12.2. The smallest absolute Gasteiger partial charge is 0.412 e. The van der Waals surface area contributed by atoms with Crippen LogP contribution in [0.1, 0.15) is 11.1 Å². The Balaban J connectivity index is 1.57. The normalized spacial score (nSPS) is 17.5. The molecule has 0 saturated carbocycles. The Morgan fingerprint density at radius 2 is 1.68 bits per heavy atom. The lowest BCUT2D eigenvalue weighted by Gasteiger charge is -2.22. The van der Waals surface area contributed by atoms with E-state index in [2.05, 4.69) is 0 Å². The molecule has 1 fully saturated rings. The van der Waals surface area contributed by atoms with E-state index in [-0.39, 0.29) is 18.9 Å². The summed E-state index contributed by atoms with van der Waals surface area (Å²) in [5.74, 6) is 0. The molecule has 2 aromatic carbocycles. The molecule has 1 atom stereocenters. The van der Waals surface area contributed by atoms with Gasteiger partial charge in [0, 0.05) is 6.42 Å². The van der Waals surface area contributed by atoms with Crippen molar-refractivity contribution in [3.05, 3.63) is 71.8 Å². The second-order valence-electron chi connectivity index (χ2n) is 5.25. The van der Waals surface area contributed by atoms with E-state index in [0.29, 0.717) is 19.6 Å². The quantitative estimate of drug-likeness (QED) is 0.869. The monoisotopic (exact) mass is 297 g/mol. The van der Waals surface area contributed by atoms with E-state index in [9.17, 15) is 4.79 Å². The zero-order valence-corrected chi connectivity index (χ0v) is 12.4. The van der Waals surface area contributed by atoms with Crippen LogP contribution in [0.2, 0.25) is 0 Å². The standard InChI is InChI=1S/C18H19NO3/c20-18(22-14-16-9-5-2-6-10-16)19-11-12-21-17(19)13-15-7-3-1-4-8-15/h1-10,17H,11-14H2. The molecule has 4 heteroatoms. The summed E-state index contributed by atoms with van der Waals surface area (Å²) in [5.41, 5.74) is 2.13. The van der Waals surface area contributed by atoms with Crippen molar-refractivity contribution in [3.8, 4) is 0 Å². The van der Waals surface area contributed by atoms with Crippen LogP contribution in [0.25, 0.3) is 0 Å². The molecule has 114 valence electrons. The Labute approximate surface area is 130 Å². The van der Waals surface area contributed by atoms with Crippen LogP contribution in [0, 0.1) is 0 Å². The van der Waals surface area contributed by atoms with Crippen molar-refractivity contribution in [3.63, 3.8) is 0 Å². The molecule has 4 nitrogen and oxygen atoms in total. The van der Waals surface area contributed by atoms with Gasteiger partial charge in [0.25, 0.3) is 0 Å². The van der Waals surface area contributed by atoms with E-state index in [0.717, 1.165) is 11.1 Å². The third-order valence-electron chi connectivity index (χ3n) is 3.68. The van der Waals surface area contributed by atoms with Gasteiger partial charge >= 0.3 is 6.09 Å². The molecule has 0 aromatic heterocycles. The Morgan fingerprint density at radius 1 is 1.05 bits per heavy atom. The van der Waals surface area contributed by atoms with E-state index in [4.69, 9.17) is 9.47 Å². The average Bonchev–Trinajstić information content (AvgIpc) is 3.03. The SMILES string of the molecule is O=C(OCc1ccccc1)N1CCOC1Cc1ccccc1. The third kappa shape index (κ3) is 3.65. The molecule has 1 aliphatic heterocycles. The molecular weight excluding hydrogens is 278 g/mol. The number of ether oxygens (including phenoxy) is 2. The van der Waals surface area contributed by atoms with Gasteiger partial charge in [0.1, 0.15) is 12.8 Å². The van der Waals surface area contributed by atoms with Crippen LogP contribution in [0.5, 0.6) is 0 Å². The van der Waals surface area contributed by atoms with Crippen LogP contribution in [-0.4, -0.2) is 30.4 Å². The summed E-state index contributed by atoms with van der Waals surface area (Å²) >= 11 is 0. The largest absolute Gasteiger partial charge is 0.444 e. The van der Waals surface area contributed by atoms with E-state index in [1.54, 1.807) is 4.90 Å². The van der Waals surface area contributed by atoms with E-state index < -0.39 is 0 Å². The molecule has 0 bridgehead atoms. The minimum atomic E-state index is -0.317. The van der Waals surface area contributed by atoms with Crippen LogP contribution in [0.3, 0.4) is 0 Å². The lowest BCUT2D eigenvalue weighted by atomic mass is 10.1. The predicted molar refractivity (Wildman–Crippen MR) is 83.2 cm³/mol. The lowest BCUT2D eigenvalue weighted by molar-refractivity contribution is 0.0228. The molecule has 0 aliphatic carbocycles. The summed E-state index contributed by atoms with van der Waals surface area (Å²) < 4.78 is 11.1. The number of benzene rings is 2. The third-order valence-corrected chi connectivity index (χ3v) is 3.68. The summed E-state index contributed by atoms with van der Waals surface area (Å²) in [6.07, 6.45) is 0.120.